The zero-order valence-corrected chi connectivity index (χ0v) is 18.8. The first-order chi connectivity index (χ1) is 15.0. The molecule has 2 aromatic carbocycles. The molecule has 1 aliphatic rings. The van der Waals surface area contributed by atoms with Gasteiger partial charge in [-0.15, -0.1) is 0 Å². The lowest BCUT2D eigenvalue weighted by Crippen LogP contribution is -2.31. The molecule has 0 aliphatic carbocycles. The Bertz CT molecular complexity index is 946. The number of rotatable bonds is 8. The highest BCUT2D eigenvalue weighted by Gasteiger charge is 2.40. The Kier molecular flexibility index (Phi) is 7.94. The summed E-state index contributed by atoms with van der Waals surface area (Å²) in [5, 5.41) is 3.29. The van der Waals surface area contributed by atoms with E-state index in [4.69, 9.17) is 9.47 Å². The van der Waals surface area contributed by atoms with Crippen LogP contribution in [-0.4, -0.2) is 42.5 Å². The summed E-state index contributed by atoms with van der Waals surface area (Å²) >= 11 is 1.27. The number of benzene rings is 2. The standard InChI is InChI=1S/C23H27N3O4S/c1-4-13-30-18-11-9-17(10-12-18)26-21(27)15-20(22(26)28)31-23(24-5-2)25-16-7-6-8-19(14-16)29-3/h6-12,14,20H,4-5,13,15H2,1-3H3,(H,24,25). The maximum absolute atomic E-state index is 13.0. The van der Waals surface area contributed by atoms with E-state index in [0.717, 1.165) is 23.6 Å². The summed E-state index contributed by atoms with van der Waals surface area (Å²) in [6, 6.07) is 14.5. The van der Waals surface area contributed by atoms with E-state index in [9.17, 15) is 9.59 Å². The van der Waals surface area contributed by atoms with E-state index < -0.39 is 5.25 Å². The van der Waals surface area contributed by atoms with Crippen LogP contribution >= 0.6 is 11.8 Å². The van der Waals surface area contributed by atoms with E-state index in [1.807, 2.05) is 38.1 Å². The molecule has 1 saturated heterocycles. The molecule has 1 heterocycles. The molecule has 0 spiro atoms. The maximum Gasteiger partial charge on any atom is 0.247 e. The van der Waals surface area contributed by atoms with E-state index >= 15 is 0 Å². The average molecular weight is 442 g/mol. The topological polar surface area (TPSA) is 80.2 Å². The van der Waals surface area contributed by atoms with Crippen LogP contribution in [0.2, 0.25) is 0 Å². The lowest BCUT2D eigenvalue weighted by Gasteiger charge is -2.16. The monoisotopic (exact) mass is 441 g/mol. The summed E-state index contributed by atoms with van der Waals surface area (Å²) in [5.41, 5.74) is 1.35. The number of anilines is 2. The Labute approximate surface area is 186 Å². The van der Waals surface area contributed by atoms with E-state index in [0.29, 0.717) is 24.0 Å². The molecule has 0 radical (unpaired) electrons. The number of imide groups is 1. The molecular formula is C23H27N3O4S. The van der Waals surface area contributed by atoms with E-state index in [1.54, 1.807) is 31.4 Å². The molecule has 31 heavy (non-hydrogen) atoms. The van der Waals surface area contributed by atoms with Gasteiger partial charge in [0, 0.05) is 24.7 Å². The van der Waals surface area contributed by atoms with Gasteiger partial charge in [0.15, 0.2) is 5.17 Å². The van der Waals surface area contributed by atoms with Crippen molar-refractivity contribution in [3.8, 4) is 11.5 Å². The summed E-state index contributed by atoms with van der Waals surface area (Å²) in [5.74, 6) is 0.974. The number of nitrogens with one attached hydrogen (secondary N) is 1. The fourth-order valence-electron chi connectivity index (χ4n) is 3.09. The first-order valence-electron chi connectivity index (χ1n) is 10.3. The zero-order valence-electron chi connectivity index (χ0n) is 18.0. The zero-order chi connectivity index (χ0) is 22.2. The molecule has 0 aromatic heterocycles. The van der Waals surface area contributed by atoms with Gasteiger partial charge < -0.3 is 14.8 Å². The third kappa shape index (κ3) is 5.79. The van der Waals surface area contributed by atoms with Crippen molar-refractivity contribution in [3.63, 3.8) is 0 Å². The highest BCUT2D eigenvalue weighted by Crippen LogP contribution is 2.32. The number of aliphatic imine (C=N–C) groups is 1. The lowest BCUT2D eigenvalue weighted by atomic mass is 10.3. The number of amidine groups is 1. The second-order valence-electron chi connectivity index (χ2n) is 6.86. The molecule has 164 valence electrons. The van der Waals surface area contributed by atoms with Crippen molar-refractivity contribution in [2.24, 2.45) is 4.99 Å². The fraction of sp³-hybridized carbons (Fsp3) is 0.348. The summed E-state index contributed by atoms with van der Waals surface area (Å²) in [6.45, 7) is 5.13. The average Bonchev–Trinajstić information content (AvgIpc) is 3.05. The molecule has 8 heteroatoms. The van der Waals surface area contributed by atoms with E-state index in [1.165, 1.54) is 16.7 Å². The number of thioether (sulfide) groups is 1. The molecule has 1 aliphatic heterocycles. The number of amides is 2. The van der Waals surface area contributed by atoms with Gasteiger partial charge >= 0.3 is 0 Å². The highest BCUT2D eigenvalue weighted by atomic mass is 32.2. The minimum absolute atomic E-state index is 0.125. The van der Waals surface area contributed by atoms with Crippen LogP contribution in [0.25, 0.3) is 0 Å². The summed E-state index contributed by atoms with van der Waals surface area (Å²) in [6.07, 6.45) is 1.04. The van der Waals surface area contributed by atoms with Crippen LogP contribution in [0.4, 0.5) is 11.4 Å². The van der Waals surface area contributed by atoms with E-state index in [-0.39, 0.29) is 18.2 Å². The van der Waals surface area contributed by atoms with Gasteiger partial charge in [0.25, 0.3) is 0 Å². The molecule has 1 fully saturated rings. The van der Waals surface area contributed by atoms with Gasteiger partial charge in [-0.3, -0.25) is 14.6 Å². The molecule has 1 unspecified atom stereocenters. The van der Waals surface area contributed by atoms with Crippen LogP contribution < -0.4 is 19.7 Å². The van der Waals surface area contributed by atoms with Crippen LogP contribution in [0.5, 0.6) is 11.5 Å². The van der Waals surface area contributed by atoms with Gasteiger partial charge in [0.2, 0.25) is 11.8 Å². The van der Waals surface area contributed by atoms with Gasteiger partial charge in [0.1, 0.15) is 16.7 Å². The number of carbonyl (C=O) groups excluding carboxylic acids is 2. The van der Waals surface area contributed by atoms with Crippen LogP contribution in [0.3, 0.4) is 0 Å². The SMILES string of the molecule is CCCOc1ccc(N2C(=O)CC(SC(=NCC)Nc3cccc(OC)c3)C2=O)cc1. The highest BCUT2D eigenvalue weighted by molar-refractivity contribution is 8.15. The van der Waals surface area contributed by atoms with Crippen molar-refractivity contribution in [1.82, 2.24) is 0 Å². The minimum Gasteiger partial charge on any atom is -0.497 e. The Morgan fingerprint density at radius 3 is 2.61 bits per heavy atom. The van der Waals surface area contributed by atoms with Crippen molar-refractivity contribution in [1.29, 1.82) is 0 Å². The summed E-state index contributed by atoms with van der Waals surface area (Å²) in [4.78, 5) is 31.3. The predicted octanol–water partition coefficient (Wildman–Crippen LogP) is 4.34. The van der Waals surface area contributed by atoms with Gasteiger partial charge in [-0.05, 0) is 49.7 Å². The molecule has 2 aromatic rings. The Morgan fingerprint density at radius 2 is 1.94 bits per heavy atom. The van der Waals surface area contributed by atoms with Gasteiger partial charge in [-0.2, -0.15) is 0 Å². The Hall–Kier alpha value is -3.00. The molecule has 1 N–H and O–H groups in total. The van der Waals surface area contributed by atoms with Crippen molar-refractivity contribution in [2.75, 3.05) is 30.5 Å². The first kappa shape index (κ1) is 22.7. The molecular weight excluding hydrogens is 414 g/mol. The summed E-state index contributed by atoms with van der Waals surface area (Å²) < 4.78 is 10.8. The smallest absolute Gasteiger partial charge is 0.247 e. The van der Waals surface area contributed by atoms with Crippen LogP contribution in [-0.2, 0) is 9.59 Å². The van der Waals surface area contributed by atoms with Crippen molar-refractivity contribution >= 4 is 40.1 Å². The van der Waals surface area contributed by atoms with Gasteiger partial charge in [0.05, 0.1) is 19.4 Å². The third-order valence-electron chi connectivity index (χ3n) is 4.55. The number of hydrogen-bond donors (Lipinski definition) is 1. The maximum atomic E-state index is 13.0. The van der Waals surface area contributed by atoms with Crippen LogP contribution in [0.1, 0.15) is 26.7 Å². The number of carbonyl (C=O) groups is 2. The quantitative estimate of drug-likeness (QED) is 0.373. The Balaban J connectivity index is 1.70. The van der Waals surface area contributed by atoms with Crippen molar-refractivity contribution in [2.45, 2.75) is 31.9 Å². The van der Waals surface area contributed by atoms with Gasteiger partial charge in [-0.1, -0.05) is 24.8 Å². The molecule has 2 amide bonds. The summed E-state index contributed by atoms with van der Waals surface area (Å²) in [7, 11) is 1.61. The van der Waals surface area contributed by atoms with Crippen LogP contribution in [0, 0.1) is 0 Å². The second-order valence-corrected chi connectivity index (χ2v) is 8.05. The third-order valence-corrected chi connectivity index (χ3v) is 5.66. The lowest BCUT2D eigenvalue weighted by molar-refractivity contribution is -0.121. The predicted molar refractivity (Wildman–Crippen MR) is 125 cm³/mol. The first-order valence-corrected chi connectivity index (χ1v) is 11.2. The van der Waals surface area contributed by atoms with Crippen LogP contribution in [0.15, 0.2) is 53.5 Å². The van der Waals surface area contributed by atoms with Crippen molar-refractivity contribution in [3.05, 3.63) is 48.5 Å². The fourth-order valence-corrected chi connectivity index (χ4v) is 4.17. The molecule has 1 atom stereocenters. The molecule has 3 rings (SSSR count). The van der Waals surface area contributed by atoms with E-state index in [2.05, 4.69) is 10.3 Å². The molecule has 0 saturated carbocycles. The second kappa shape index (κ2) is 10.9. The van der Waals surface area contributed by atoms with Crippen molar-refractivity contribution < 1.29 is 19.1 Å². The Morgan fingerprint density at radius 1 is 1.16 bits per heavy atom. The van der Waals surface area contributed by atoms with Gasteiger partial charge in [-0.25, -0.2) is 4.90 Å². The number of nitrogens with zero attached hydrogens (tertiary/aromatic N) is 2. The number of ether oxygens (including phenoxy) is 2. The number of hydrogen-bond acceptors (Lipinski definition) is 6. The number of methoxy groups -OCH3 is 1. The normalized spacial score (nSPS) is 16.5. The molecule has 7 nitrogen and oxygen atoms in total. The largest absolute Gasteiger partial charge is 0.497 e. The minimum atomic E-state index is -0.535. The molecule has 0 bridgehead atoms.